The maximum absolute atomic E-state index is 12.7. The van der Waals surface area contributed by atoms with E-state index in [0.717, 1.165) is 36.7 Å². The van der Waals surface area contributed by atoms with Crippen LogP contribution in [0.3, 0.4) is 0 Å². The molecule has 2 bridgehead atoms. The summed E-state index contributed by atoms with van der Waals surface area (Å²) in [5, 5.41) is 9.31. The Balaban J connectivity index is 1.48. The Morgan fingerprint density at radius 2 is 1.90 bits per heavy atom. The number of rotatable bonds is 3. The van der Waals surface area contributed by atoms with Gasteiger partial charge in [-0.15, -0.1) is 0 Å². The molecule has 1 saturated heterocycles. The van der Waals surface area contributed by atoms with Crippen molar-refractivity contribution in [3.63, 3.8) is 0 Å². The molecule has 3 heterocycles. The van der Waals surface area contributed by atoms with Crippen LogP contribution in [0.5, 0.6) is 0 Å². The first-order valence-corrected chi connectivity index (χ1v) is 11.2. The number of fused-ring (bicyclic) bond motifs is 4. The second-order valence-electron chi connectivity index (χ2n) is 9.29. The first-order valence-electron chi connectivity index (χ1n) is 11.2. The van der Waals surface area contributed by atoms with E-state index >= 15 is 0 Å². The summed E-state index contributed by atoms with van der Waals surface area (Å²) in [7, 11) is 0. The predicted molar refractivity (Wildman–Crippen MR) is 115 cm³/mol. The zero-order chi connectivity index (χ0) is 19.8. The highest BCUT2D eigenvalue weighted by Gasteiger charge is 2.36. The lowest BCUT2D eigenvalue weighted by molar-refractivity contribution is 0.0970. The number of nitriles is 1. The van der Waals surface area contributed by atoms with Gasteiger partial charge in [0.2, 0.25) is 0 Å². The molecule has 2 fully saturated rings. The molecular formula is C25H29N3O. The second kappa shape index (κ2) is 7.80. The number of nitrogens with zero attached hydrogens (tertiary/aromatic N) is 3. The van der Waals surface area contributed by atoms with Crippen LogP contribution in [0.1, 0.15) is 55.7 Å². The average molecular weight is 388 g/mol. The van der Waals surface area contributed by atoms with Crippen molar-refractivity contribution in [1.82, 2.24) is 9.47 Å². The first-order chi connectivity index (χ1) is 14.2. The molecule has 1 aliphatic carbocycles. The van der Waals surface area contributed by atoms with E-state index in [-0.39, 0.29) is 5.56 Å². The van der Waals surface area contributed by atoms with Gasteiger partial charge < -0.3 is 9.47 Å². The van der Waals surface area contributed by atoms with Crippen LogP contribution in [-0.4, -0.2) is 29.1 Å². The summed E-state index contributed by atoms with van der Waals surface area (Å²) in [5.74, 6) is 1.83. The maximum atomic E-state index is 12.7. The van der Waals surface area contributed by atoms with E-state index in [2.05, 4.69) is 17.0 Å². The van der Waals surface area contributed by atoms with E-state index in [1.54, 1.807) is 6.07 Å². The molecule has 2 unspecified atom stereocenters. The summed E-state index contributed by atoms with van der Waals surface area (Å²) in [5.41, 5.74) is 4.16. The van der Waals surface area contributed by atoms with E-state index in [1.807, 2.05) is 28.8 Å². The van der Waals surface area contributed by atoms with E-state index in [1.165, 1.54) is 50.8 Å². The van der Waals surface area contributed by atoms with Crippen molar-refractivity contribution < 1.29 is 0 Å². The van der Waals surface area contributed by atoms with Gasteiger partial charge in [-0.1, -0.05) is 31.4 Å². The largest absolute Gasteiger partial charge is 0.311 e. The predicted octanol–water partition coefficient (Wildman–Crippen LogP) is 4.39. The molecule has 0 amide bonds. The van der Waals surface area contributed by atoms with Crippen molar-refractivity contribution in [2.75, 3.05) is 19.6 Å². The Hall–Kier alpha value is -2.38. The molecule has 4 heteroatoms. The van der Waals surface area contributed by atoms with Gasteiger partial charge >= 0.3 is 0 Å². The van der Waals surface area contributed by atoms with Crippen LogP contribution in [0.4, 0.5) is 0 Å². The molecule has 1 saturated carbocycles. The van der Waals surface area contributed by atoms with E-state index < -0.39 is 0 Å². The SMILES string of the molecule is N#Cc1cccc(-c2ccc(=O)n3c2C2CC(CN(CC4CCCCC4)C2)C3)c1. The molecule has 0 N–H and O–H groups in total. The summed E-state index contributed by atoms with van der Waals surface area (Å²) < 4.78 is 2.03. The number of piperidine rings is 1. The standard InChI is InChI=1S/C25H29N3O/c26-13-19-7-4-8-21(11-19)23-9-10-24(29)28-16-20-12-22(25(23)28)17-27(15-20)14-18-5-2-1-3-6-18/h4,7-11,18,20,22H,1-3,5-6,12,14-17H2. The zero-order valence-electron chi connectivity index (χ0n) is 17.0. The number of likely N-dealkylation sites (tertiary alicyclic amines) is 1. The molecule has 2 atom stereocenters. The van der Waals surface area contributed by atoms with Crippen LogP contribution in [0.2, 0.25) is 0 Å². The van der Waals surface area contributed by atoms with Crippen LogP contribution in [-0.2, 0) is 6.54 Å². The Morgan fingerprint density at radius 3 is 2.72 bits per heavy atom. The Labute approximate surface area is 172 Å². The molecule has 4 nitrogen and oxygen atoms in total. The first kappa shape index (κ1) is 18.6. The summed E-state index contributed by atoms with van der Waals surface area (Å²) in [6.45, 7) is 4.25. The highest BCUT2D eigenvalue weighted by atomic mass is 16.1. The van der Waals surface area contributed by atoms with Crippen molar-refractivity contribution in [2.24, 2.45) is 11.8 Å². The lowest BCUT2D eigenvalue weighted by Gasteiger charge is -2.44. The molecule has 0 radical (unpaired) electrons. The van der Waals surface area contributed by atoms with Crippen molar-refractivity contribution in [3.05, 3.63) is 58.0 Å². The van der Waals surface area contributed by atoms with Gasteiger partial charge in [0.05, 0.1) is 11.6 Å². The van der Waals surface area contributed by atoms with Gasteiger partial charge in [-0.3, -0.25) is 4.79 Å². The van der Waals surface area contributed by atoms with Crippen LogP contribution in [0.15, 0.2) is 41.2 Å². The quantitative estimate of drug-likeness (QED) is 0.785. The van der Waals surface area contributed by atoms with Crippen LogP contribution in [0, 0.1) is 23.2 Å². The third kappa shape index (κ3) is 3.65. The van der Waals surface area contributed by atoms with E-state index in [9.17, 15) is 10.1 Å². The number of aromatic nitrogens is 1. The lowest BCUT2D eigenvalue weighted by Crippen LogP contribution is -2.48. The average Bonchev–Trinajstić information content (AvgIpc) is 2.75. The minimum atomic E-state index is 0.121. The third-order valence-corrected chi connectivity index (χ3v) is 7.21. The van der Waals surface area contributed by atoms with Gasteiger partial charge in [0.25, 0.3) is 5.56 Å². The molecular weight excluding hydrogens is 358 g/mol. The van der Waals surface area contributed by atoms with E-state index in [4.69, 9.17) is 0 Å². The molecule has 1 aromatic carbocycles. The smallest absolute Gasteiger partial charge is 0.250 e. The minimum absolute atomic E-state index is 0.121. The number of pyridine rings is 1. The van der Waals surface area contributed by atoms with Crippen molar-refractivity contribution in [3.8, 4) is 17.2 Å². The Bertz CT molecular complexity index is 996. The lowest BCUT2D eigenvalue weighted by atomic mass is 9.79. The highest BCUT2D eigenvalue weighted by Crippen LogP contribution is 2.40. The molecule has 1 aromatic heterocycles. The Kier molecular flexibility index (Phi) is 5.01. The van der Waals surface area contributed by atoms with Crippen LogP contribution in [0.25, 0.3) is 11.1 Å². The summed E-state index contributed by atoms with van der Waals surface area (Å²) in [6.07, 6.45) is 8.13. The third-order valence-electron chi connectivity index (χ3n) is 7.21. The van der Waals surface area contributed by atoms with Gasteiger partial charge in [-0.2, -0.15) is 5.26 Å². The fraction of sp³-hybridized carbons (Fsp3) is 0.520. The fourth-order valence-corrected chi connectivity index (χ4v) is 6.00. The number of hydrogen-bond donors (Lipinski definition) is 0. The number of benzene rings is 1. The molecule has 29 heavy (non-hydrogen) atoms. The highest BCUT2D eigenvalue weighted by molar-refractivity contribution is 5.68. The van der Waals surface area contributed by atoms with Crippen LogP contribution < -0.4 is 5.56 Å². The van der Waals surface area contributed by atoms with Crippen LogP contribution >= 0.6 is 0 Å². The van der Waals surface area contributed by atoms with Crippen molar-refractivity contribution in [1.29, 1.82) is 5.26 Å². The van der Waals surface area contributed by atoms with Gasteiger partial charge in [-0.05, 0) is 54.9 Å². The van der Waals surface area contributed by atoms with Gasteiger partial charge in [-0.25, -0.2) is 0 Å². The molecule has 0 spiro atoms. The Morgan fingerprint density at radius 1 is 1.03 bits per heavy atom. The summed E-state index contributed by atoms with van der Waals surface area (Å²) in [4.78, 5) is 15.4. The van der Waals surface area contributed by atoms with E-state index in [0.29, 0.717) is 17.4 Å². The molecule has 2 aromatic rings. The monoisotopic (exact) mass is 387 g/mol. The van der Waals surface area contributed by atoms with Gasteiger partial charge in [0.15, 0.2) is 0 Å². The van der Waals surface area contributed by atoms with Crippen molar-refractivity contribution >= 4 is 0 Å². The number of hydrogen-bond acceptors (Lipinski definition) is 3. The molecule has 3 aliphatic rings. The minimum Gasteiger partial charge on any atom is -0.311 e. The maximum Gasteiger partial charge on any atom is 0.250 e. The topological polar surface area (TPSA) is 49.0 Å². The molecule has 2 aliphatic heterocycles. The zero-order valence-corrected chi connectivity index (χ0v) is 17.0. The van der Waals surface area contributed by atoms with Gasteiger partial charge in [0, 0.05) is 49.4 Å². The van der Waals surface area contributed by atoms with Crippen molar-refractivity contribution in [2.45, 2.75) is 51.0 Å². The molecule has 5 rings (SSSR count). The fourth-order valence-electron chi connectivity index (χ4n) is 6.00. The summed E-state index contributed by atoms with van der Waals surface area (Å²) >= 11 is 0. The van der Waals surface area contributed by atoms with Gasteiger partial charge in [0.1, 0.15) is 0 Å². The second-order valence-corrected chi connectivity index (χ2v) is 9.29. The summed E-state index contributed by atoms with van der Waals surface area (Å²) in [6, 6.07) is 13.7. The normalized spacial score (nSPS) is 24.7. The molecule has 150 valence electrons.